The second-order valence-corrected chi connectivity index (χ2v) is 7.89. The Balaban J connectivity index is 1.95. The number of carbonyl (C=O) groups excluding carboxylic acids is 1. The molecule has 0 saturated heterocycles. The number of carbonyl (C=O) groups is 1. The normalized spacial score (nSPS) is 11.5. The molecular formula is C26H29NO8. The summed E-state index contributed by atoms with van der Waals surface area (Å²) in [5.74, 6) is -0.133. The maximum Gasteiger partial charge on any atom is 0.343 e. The van der Waals surface area contributed by atoms with Crippen molar-refractivity contribution in [1.29, 1.82) is 0 Å². The molecule has 0 aliphatic heterocycles. The van der Waals surface area contributed by atoms with E-state index in [2.05, 4.69) is 5.32 Å². The highest BCUT2D eigenvalue weighted by molar-refractivity contribution is 5.78. The predicted molar refractivity (Wildman–Crippen MR) is 129 cm³/mol. The lowest BCUT2D eigenvalue weighted by atomic mass is 9.87. The third-order valence-electron chi connectivity index (χ3n) is 5.61. The van der Waals surface area contributed by atoms with Crippen LogP contribution in [0.15, 0.2) is 51.7 Å². The van der Waals surface area contributed by atoms with Crippen LogP contribution in [0.1, 0.15) is 34.8 Å². The average molecular weight is 484 g/mol. The first-order chi connectivity index (χ1) is 16.8. The van der Waals surface area contributed by atoms with Crippen molar-refractivity contribution < 1.29 is 33.6 Å². The topological polar surface area (TPSA) is 127 Å². The molecule has 0 aliphatic carbocycles. The number of rotatable bonds is 10. The van der Waals surface area contributed by atoms with Crippen molar-refractivity contribution in [3.63, 3.8) is 0 Å². The van der Waals surface area contributed by atoms with Crippen molar-refractivity contribution in [2.75, 3.05) is 27.9 Å². The highest BCUT2D eigenvalue weighted by Crippen LogP contribution is 2.45. The zero-order valence-corrected chi connectivity index (χ0v) is 20.1. The van der Waals surface area contributed by atoms with Gasteiger partial charge in [-0.1, -0.05) is 18.2 Å². The summed E-state index contributed by atoms with van der Waals surface area (Å²) in [6.07, 6.45) is 0.386. The largest absolute Gasteiger partial charge is 0.508 e. The first-order valence-corrected chi connectivity index (χ1v) is 11.0. The highest BCUT2D eigenvalue weighted by atomic mass is 16.5. The van der Waals surface area contributed by atoms with Gasteiger partial charge in [-0.3, -0.25) is 4.79 Å². The summed E-state index contributed by atoms with van der Waals surface area (Å²) in [4.78, 5) is 25.7. The quantitative estimate of drug-likeness (QED) is 0.401. The van der Waals surface area contributed by atoms with Crippen molar-refractivity contribution in [2.24, 2.45) is 0 Å². The van der Waals surface area contributed by atoms with Crippen LogP contribution in [0, 0.1) is 6.92 Å². The van der Waals surface area contributed by atoms with Crippen LogP contribution in [0.5, 0.6) is 28.7 Å². The average Bonchev–Trinajstić information content (AvgIpc) is 2.83. The maximum absolute atomic E-state index is 12.9. The van der Waals surface area contributed by atoms with E-state index in [-0.39, 0.29) is 40.9 Å². The van der Waals surface area contributed by atoms with Gasteiger partial charge in [-0.15, -0.1) is 0 Å². The van der Waals surface area contributed by atoms with Gasteiger partial charge in [-0.2, -0.15) is 0 Å². The van der Waals surface area contributed by atoms with Crippen molar-refractivity contribution in [2.45, 2.75) is 25.7 Å². The number of hydrogen-bond acceptors (Lipinski definition) is 8. The molecule has 0 bridgehead atoms. The van der Waals surface area contributed by atoms with E-state index in [1.807, 2.05) is 0 Å². The van der Waals surface area contributed by atoms with Crippen LogP contribution in [0.3, 0.4) is 0 Å². The molecule has 2 aromatic carbocycles. The van der Waals surface area contributed by atoms with Gasteiger partial charge in [-0.25, -0.2) is 4.79 Å². The van der Waals surface area contributed by atoms with Crippen molar-refractivity contribution in [3.8, 4) is 28.7 Å². The summed E-state index contributed by atoms with van der Waals surface area (Å²) in [7, 11) is 4.37. The Morgan fingerprint density at radius 2 is 1.69 bits per heavy atom. The number of hydrogen-bond donors (Lipinski definition) is 3. The molecule has 0 fully saturated rings. The predicted octanol–water partition coefficient (Wildman–Crippen LogP) is 3.27. The van der Waals surface area contributed by atoms with Crippen LogP contribution in [0.25, 0.3) is 0 Å². The molecular weight excluding hydrogens is 454 g/mol. The summed E-state index contributed by atoms with van der Waals surface area (Å²) in [6.45, 7) is 1.89. The molecule has 1 aromatic heterocycles. The highest BCUT2D eigenvalue weighted by Gasteiger charge is 2.30. The van der Waals surface area contributed by atoms with E-state index in [9.17, 15) is 19.8 Å². The number of aromatic hydroxyl groups is 2. The van der Waals surface area contributed by atoms with Crippen molar-refractivity contribution in [1.82, 2.24) is 5.32 Å². The molecule has 3 rings (SSSR count). The molecule has 186 valence electrons. The minimum absolute atomic E-state index is 0.0604. The van der Waals surface area contributed by atoms with Crippen LogP contribution in [-0.4, -0.2) is 44.0 Å². The summed E-state index contributed by atoms with van der Waals surface area (Å²) in [5, 5.41) is 22.9. The number of phenolic OH excluding ortho intramolecular Hbond substituents is 1. The molecule has 1 atom stereocenters. The first kappa shape index (κ1) is 25.5. The first-order valence-electron chi connectivity index (χ1n) is 11.0. The van der Waals surface area contributed by atoms with E-state index in [0.717, 1.165) is 5.56 Å². The summed E-state index contributed by atoms with van der Waals surface area (Å²) in [5.41, 5.74) is 0.583. The molecule has 0 aliphatic rings. The Labute approximate surface area is 202 Å². The van der Waals surface area contributed by atoms with Gasteiger partial charge in [0.25, 0.3) is 0 Å². The van der Waals surface area contributed by atoms with Gasteiger partial charge < -0.3 is 34.2 Å². The van der Waals surface area contributed by atoms with Crippen LogP contribution in [-0.2, 0) is 11.2 Å². The standard InChI is InChI=1S/C26H29NO8/c1-15-13-20(29)23(26(31)35-15)19(18-9-10-21(32-2)25(34-4)24(18)33-3)14-22(30)27-12-11-16-5-7-17(28)8-6-16/h5-10,13,19,28-29H,11-12,14H2,1-4H3,(H,27,30)/t19-/m0/s1. The third kappa shape index (κ3) is 5.87. The van der Waals surface area contributed by atoms with E-state index in [0.29, 0.717) is 30.0 Å². The number of benzene rings is 2. The van der Waals surface area contributed by atoms with Gasteiger partial charge in [0.1, 0.15) is 17.3 Å². The second-order valence-electron chi connectivity index (χ2n) is 7.89. The van der Waals surface area contributed by atoms with E-state index >= 15 is 0 Å². The Morgan fingerprint density at radius 3 is 2.29 bits per heavy atom. The van der Waals surface area contributed by atoms with E-state index in [1.165, 1.54) is 27.4 Å². The smallest absolute Gasteiger partial charge is 0.343 e. The molecule has 0 unspecified atom stereocenters. The van der Waals surface area contributed by atoms with Crippen LogP contribution >= 0.6 is 0 Å². The van der Waals surface area contributed by atoms with E-state index in [4.69, 9.17) is 18.6 Å². The lowest BCUT2D eigenvalue weighted by molar-refractivity contribution is -0.121. The zero-order chi connectivity index (χ0) is 25.5. The lowest BCUT2D eigenvalue weighted by Gasteiger charge is -2.22. The molecule has 0 saturated carbocycles. The Hall–Kier alpha value is -4.14. The van der Waals surface area contributed by atoms with E-state index in [1.54, 1.807) is 43.3 Å². The molecule has 9 heteroatoms. The fraction of sp³-hybridized carbons (Fsp3) is 0.308. The zero-order valence-electron chi connectivity index (χ0n) is 20.1. The number of aryl methyl sites for hydroxylation is 1. The maximum atomic E-state index is 12.9. The van der Waals surface area contributed by atoms with Gasteiger partial charge in [0.15, 0.2) is 11.5 Å². The summed E-state index contributed by atoms with van der Waals surface area (Å²) >= 11 is 0. The monoisotopic (exact) mass is 483 g/mol. The fourth-order valence-electron chi connectivity index (χ4n) is 3.96. The molecule has 0 radical (unpaired) electrons. The van der Waals surface area contributed by atoms with Gasteiger partial charge in [0.2, 0.25) is 11.7 Å². The molecule has 1 heterocycles. The molecule has 3 aromatic rings. The number of methoxy groups -OCH3 is 3. The molecule has 0 spiro atoms. The van der Waals surface area contributed by atoms with Gasteiger partial charge >= 0.3 is 5.63 Å². The van der Waals surface area contributed by atoms with Gasteiger partial charge in [0.05, 0.1) is 26.9 Å². The van der Waals surface area contributed by atoms with E-state index < -0.39 is 11.5 Å². The van der Waals surface area contributed by atoms with Gasteiger partial charge in [0, 0.05) is 30.5 Å². The third-order valence-corrected chi connectivity index (χ3v) is 5.61. The Kier molecular flexibility index (Phi) is 8.25. The molecule has 3 N–H and O–H groups in total. The number of amides is 1. The minimum Gasteiger partial charge on any atom is -0.508 e. The van der Waals surface area contributed by atoms with Crippen LogP contribution in [0.2, 0.25) is 0 Å². The molecule has 9 nitrogen and oxygen atoms in total. The SMILES string of the molecule is COc1ccc([C@H](CC(=O)NCCc2ccc(O)cc2)c2c(O)cc(C)oc2=O)c(OC)c1OC. The van der Waals surface area contributed by atoms with Crippen molar-refractivity contribution in [3.05, 3.63) is 75.3 Å². The van der Waals surface area contributed by atoms with Gasteiger partial charge in [-0.05, 0) is 37.1 Å². The Bertz CT molecular complexity index is 1230. The fourth-order valence-corrected chi connectivity index (χ4v) is 3.96. The number of ether oxygens (including phenoxy) is 3. The van der Waals surface area contributed by atoms with Crippen molar-refractivity contribution >= 4 is 5.91 Å². The Morgan fingerprint density at radius 1 is 1.00 bits per heavy atom. The minimum atomic E-state index is -0.893. The second kappa shape index (κ2) is 11.3. The van der Waals surface area contributed by atoms with Crippen LogP contribution < -0.4 is 25.2 Å². The molecule has 35 heavy (non-hydrogen) atoms. The summed E-state index contributed by atoms with van der Waals surface area (Å²) < 4.78 is 21.6. The lowest BCUT2D eigenvalue weighted by Crippen LogP contribution is -2.29. The molecule has 1 amide bonds. The van der Waals surface area contributed by atoms with Crippen LogP contribution in [0.4, 0.5) is 0 Å². The number of phenols is 1. The number of nitrogens with one attached hydrogen (secondary N) is 1. The summed E-state index contributed by atoms with van der Waals surface area (Å²) in [6, 6.07) is 11.3.